The van der Waals surface area contributed by atoms with Crippen LogP contribution in [0, 0.1) is 6.92 Å². The van der Waals surface area contributed by atoms with E-state index in [0.717, 1.165) is 29.8 Å². The first kappa shape index (κ1) is 14.6. The highest BCUT2D eigenvalue weighted by Crippen LogP contribution is 2.36. The van der Waals surface area contributed by atoms with Gasteiger partial charge in [0.05, 0.1) is 6.61 Å². The molecule has 110 valence electrons. The molecule has 3 heteroatoms. The Kier molecular flexibility index (Phi) is 4.32. The summed E-state index contributed by atoms with van der Waals surface area (Å²) in [5.41, 5.74) is 5.30. The summed E-state index contributed by atoms with van der Waals surface area (Å²) in [5.74, 6) is 1.56. The maximum absolute atomic E-state index is 6.18. The number of hydrogen-bond acceptors (Lipinski definition) is 2. The Bertz CT molecular complexity index is 654. The molecule has 0 aliphatic heterocycles. The molecule has 1 unspecified atom stereocenters. The standard InChI is InChI=1S/C18H20BrNO/c1-12-7-16(19)9-14(10-20-2)18(12)21-11-15-8-13-5-3-4-6-17(13)15/h3-7,9,15,20H,8,10-11H2,1-2H3. The summed E-state index contributed by atoms with van der Waals surface area (Å²) >= 11 is 3.56. The number of fused-ring (bicyclic) bond motifs is 1. The maximum Gasteiger partial charge on any atom is 0.126 e. The number of rotatable bonds is 5. The van der Waals surface area contributed by atoms with E-state index in [1.54, 1.807) is 0 Å². The molecule has 1 aliphatic rings. The second-order valence-electron chi connectivity index (χ2n) is 5.65. The minimum absolute atomic E-state index is 0.534. The second kappa shape index (κ2) is 6.20. The zero-order valence-corrected chi connectivity index (χ0v) is 14.0. The number of benzene rings is 2. The smallest absolute Gasteiger partial charge is 0.126 e. The normalized spacial score (nSPS) is 16.2. The lowest BCUT2D eigenvalue weighted by atomic mass is 9.78. The first-order chi connectivity index (χ1) is 10.2. The summed E-state index contributed by atoms with van der Waals surface area (Å²) in [6, 6.07) is 12.9. The molecule has 1 atom stereocenters. The Morgan fingerprint density at radius 2 is 2.10 bits per heavy atom. The molecule has 0 bridgehead atoms. The van der Waals surface area contributed by atoms with E-state index in [9.17, 15) is 0 Å². The van der Waals surface area contributed by atoms with E-state index >= 15 is 0 Å². The fourth-order valence-electron chi connectivity index (χ4n) is 3.02. The molecule has 0 fully saturated rings. The third kappa shape index (κ3) is 2.99. The fourth-order valence-corrected chi connectivity index (χ4v) is 3.64. The van der Waals surface area contributed by atoms with E-state index in [4.69, 9.17) is 4.74 Å². The molecule has 0 spiro atoms. The van der Waals surface area contributed by atoms with E-state index in [2.05, 4.69) is 64.6 Å². The van der Waals surface area contributed by atoms with Crippen LogP contribution in [0.2, 0.25) is 0 Å². The van der Waals surface area contributed by atoms with Crippen molar-refractivity contribution in [2.24, 2.45) is 0 Å². The molecule has 1 N–H and O–H groups in total. The Labute approximate surface area is 134 Å². The molecule has 2 aromatic rings. The van der Waals surface area contributed by atoms with Crippen LogP contribution in [0.3, 0.4) is 0 Å². The van der Waals surface area contributed by atoms with Gasteiger partial charge in [0.2, 0.25) is 0 Å². The van der Waals surface area contributed by atoms with Gasteiger partial charge in [0.25, 0.3) is 0 Å². The molecule has 0 radical (unpaired) electrons. The van der Waals surface area contributed by atoms with Crippen LogP contribution in [-0.4, -0.2) is 13.7 Å². The van der Waals surface area contributed by atoms with Gasteiger partial charge in [-0.3, -0.25) is 0 Å². The lowest BCUT2D eigenvalue weighted by Crippen LogP contribution is -2.23. The summed E-state index contributed by atoms with van der Waals surface area (Å²) in [6.45, 7) is 3.68. The van der Waals surface area contributed by atoms with E-state index < -0.39 is 0 Å². The van der Waals surface area contributed by atoms with Crippen LogP contribution >= 0.6 is 15.9 Å². The molecule has 0 saturated carbocycles. The largest absolute Gasteiger partial charge is 0.492 e. The number of hydrogen-bond donors (Lipinski definition) is 1. The van der Waals surface area contributed by atoms with Gasteiger partial charge in [0, 0.05) is 22.5 Å². The van der Waals surface area contributed by atoms with Gasteiger partial charge in [-0.25, -0.2) is 0 Å². The van der Waals surface area contributed by atoms with Gasteiger partial charge in [-0.05, 0) is 49.2 Å². The lowest BCUT2D eigenvalue weighted by Gasteiger charge is -2.30. The third-order valence-electron chi connectivity index (χ3n) is 4.07. The molecule has 0 amide bonds. The van der Waals surface area contributed by atoms with Crippen molar-refractivity contribution >= 4 is 15.9 Å². The molecule has 0 aromatic heterocycles. The molecule has 1 aliphatic carbocycles. The van der Waals surface area contributed by atoms with Gasteiger partial charge in [-0.1, -0.05) is 40.2 Å². The first-order valence-corrected chi connectivity index (χ1v) is 8.12. The molecular weight excluding hydrogens is 326 g/mol. The Balaban J connectivity index is 1.74. The number of aryl methyl sites for hydroxylation is 1. The number of ether oxygens (including phenoxy) is 1. The van der Waals surface area contributed by atoms with Crippen molar-refractivity contribution in [3.05, 3.63) is 63.1 Å². The second-order valence-corrected chi connectivity index (χ2v) is 6.57. The average Bonchev–Trinajstić information content (AvgIpc) is 2.42. The van der Waals surface area contributed by atoms with Crippen LogP contribution in [0.4, 0.5) is 0 Å². The fraction of sp³-hybridized carbons (Fsp3) is 0.333. The zero-order valence-electron chi connectivity index (χ0n) is 12.4. The van der Waals surface area contributed by atoms with Crippen molar-refractivity contribution in [1.29, 1.82) is 0 Å². The van der Waals surface area contributed by atoms with E-state index in [0.29, 0.717) is 5.92 Å². The molecule has 3 rings (SSSR count). The number of nitrogens with one attached hydrogen (secondary N) is 1. The van der Waals surface area contributed by atoms with Gasteiger partial charge < -0.3 is 10.1 Å². The summed E-state index contributed by atoms with van der Waals surface area (Å²) < 4.78 is 7.28. The molecule has 0 heterocycles. The molecule has 0 saturated heterocycles. The first-order valence-electron chi connectivity index (χ1n) is 7.33. The highest BCUT2D eigenvalue weighted by atomic mass is 79.9. The minimum Gasteiger partial charge on any atom is -0.492 e. The van der Waals surface area contributed by atoms with Crippen LogP contribution in [0.1, 0.15) is 28.2 Å². The average molecular weight is 346 g/mol. The Morgan fingerprint density at radius 3 is 2.86 bits per heavy atom. The van der Waals surface area contributed by atoms with Crippen molar-refractivity contribution in [3.8, 4) is 5.75 Å². The molecular formula is C18H20BrNO. The van der Waals surface area contributed by atoms with E-state index in [1.807, 2.05) is 7.05 Å². The Hall–Kier alpha value is -1.32. The molecule has 2 aromatic carbocycles. The summed E-state index contributed by atoms with van der Waals surface area (Å²) in [6.07, 6.45) is 1.13. The van der Waals surface area contributed by atoms with Crippen LogP contribution in [-0.2, 0) is 13.0 Å². The topological polar surface area (TPSA) is 21.3 Å². The summed E-state index contributed by atoms with van der Waals surface area (Å²) in [7, 11) is 1.96. The monoisotopic (exact) mass is 345 g/mol. The van der Waals surface area contributed by atoms with Crippen molar-refractivity contribution in [2.45, 2.75) is 25.8 Å². The van der Waals surface area contributed by atoms with Crippen LogP contribution in [0.5, 0.6) is 5.75 Å². The zero-order chi connectivity index (χ0) is 14.8. The van der Waals surface area contributed by atoms with Crippen molar-refractivity contribution < 1.29 is 4.74 Å². The van der Waals surface area contributed by atoms with Gasteiger partial charge in [-0.2, -0.15) is 0 Å². The summed E-state index contributed by atoms with van der Waals surface area (Å²) in [4.78, 5) is 0. The van der Waals surface area contributed by atoms with Crippen molar-refractivity contribution in [2.75, 3.05) is 13.7 Å². The van der Waals surface area contributed by atoms with E-state index in [-0.39, 0.29) is 0 Å². The van der Waals surface area contributed by atoms with Gasteiger partial charge in [-0.15, -0.1) is 0 Å². The van der Waals surface area contributed by atoms with Crippen molar-refractivity contribution in [1.82, 2.24) is 5.32 Å². The quantitative estimate of drug-likeness (QED) is 0.876. The SMILES string of the molecule is CNCc1cc(Br)cc(C)c1OCC1Cc2ccccc21. The highest BCUT2D eigenvalue weighted by Gasteiger charge is 2.26. The van der Waals surface area contributed by atoms with Gasteiger partial charge in [0.15, 0.2) is 0 Å². The van der Waals surface area contributed by atoms with Crippen LogP contribution in [0.15, 0.2) is 40.9 Å². The third-order valence-corrected chi connectivity index (χ3v) is 4.53. The maximum atomic E-state index is 6.18. The predicted octanol–water partition coefficient (Wildman–Crippen LogP) is 4.20. The predicted molar refractivity (Wildman–Crippen MR) is 90.0 cm³/mol. The lowest BCUT2D eigenvalue weighted by molar-refractivity contribution is 0.271. The van der Waals surface area contributed by atoms with Crippen LogP contribution in [0.25, 0.3) is 0 Å². The van der Waals surface area contributed by atoms with E-state index in [1.165, 1.54) is 22.3 Å². The minimum atomic E-state index is 0.534. The van der Waals surface area contributed by atoms with Crippen molar-refractivity contribution in [3.63, 3.8) is 0 Å². The van der Waals surface area contributed by atoms with Crippen LogP contribution < -0.4 is 10.1 Å². The van der Waals surface area contributed by atoms with Gasteiger partial charge in [0.1, 0.15) is 5.75 Å². The summed E-state index contributed by atoms with van der Waals surface area (Å²) in [5, 5.41) is 3.21. The highest BCUT2D eigenvalue weighted by molar-refractivity contribution is 9.10. The number of halogens is 1. The molecule has 21 heavy (non-hydrogen) atoms. The Morgan fingerprint density at radius 1 is 1.29 bits per heavy atom. The molecule has 2 nitrogen and oxygen atoms in total. The van der Waals surface area contributed by atoms with Gasteiger partial charge >= 0.3 is 0 Å².